The van der Waals surface area contributed by atoms with Crippen molar-refractivity contribution in [2.24, 2.45) is 5.73 Å². The third-order valence-electron chi connectivity index (χ3n) is 4.35. The number of halogens is 3. The van der Waals surface area contributed by atoms with Crippen LogP contribution in [0.25, 0.3) is 10.6 Å². The number of ether oxygens (including phenoxy) is 1. The lowest BCUT2D eigenvalue weighted by molar-refractivity contribution is -0.134. The van der Waals surface area contributed by atoms with Gasteiger partial charge in [-0.2, -0.15) is 0 Å². The molecule has 158 valence electrons. The summed E-state index contributed by atoms with van der Waals surface area (Å²) in [4.78, 5) is 20.9. The first-order valence-corrected chi connectivity index (χ1v) is 9.30. The Hall–Kier alpha value is -1.09. The molecular weight excluding hydrogens is 443 g/mol. The second-order valence-corrected chi connectivity index (χ2v) is 7.12. The van der Waals surface area contributed by atoms with Crippen molar-refractivity contribution in [1.29, 1.82) is 0 Å². The molecule has 10 heteroatoms. The van der Waals surface area contributed by atoms with Crippen LogP contribution < -0.4 is 10.5 Å². The number of benzene rings is 1. The van der Waals surface area contributed by atoms with Gasteiger partial charge in [0.05, 0.1) is 18.8 Å². The summed E-state index contributed by atoms with van der Waals surface area (Å²) in [7, 11) is 1.66. The standard InChI is InChI=1S/C18H24N4O2S.3ClH/c1-13(19)18(23)22-9-7-21(8-10-22)11-15-12-25-17(20-15)14-3-5-16(24-2)6-4-14;;;/h3-6,12-13H,7-11,19H2,1-2H3;3*1H/t13-;;;/m1.../s1. The number of nitrogens with two attached hydrogens (primary N) is 1. The molecule has 0 saturated carbocycles. The third-order valence-corrected chi connectivity index (χ3v) is 5.29. The highest BCUT2D eigenvalue weighted by Gasteiger charge is 2.23. The summed E-state index contributed by atoms with van der Waals surface area (Å²) in [5.74, 6) is 0.884. The quantitative estimate of drug-likeness (QED) is 0.728. The van der Waals surface area contributed by atoms with Crippen LogP contribution in [0, 0.1) is 0 Å². The second-order valence-electron chi connectivity index (χ2n) is 6.26. The number of hydrogen-bond donors (Lipinski definition) is 1. The van der Waals surface area contributed by atoms with Crippen molar-refractivity contribution in [2.75, 3.05) is 33.3 Å². The number of nitrogens with zero attached hydrogens (tertiary/aromatic N) is 3. The Morgan fingerprint density at radius 2 is 1.79 bits per heavy atom. The third kappa shape index (κ3) is 6.76. The molecule has 1 saturated heterocycles. The molecule has 3 rings (SSSR count). The fourth-order valence-electron chi connectivity index (χ4n) is 2.89. The van der Waals surface area contributed by atoms with Crippen molar-refractivity contribution in [3.8, 4) is 16.3 Å². The van der Waals surface area contributed by atoms with Crippen molar-refractivity contribution in [1.82, 2.24) is 14.8 Å². The minimum absolute atomic E-state index is 0. The van der Waals surface area contributed by atoms with Crippen LogP contribution in [0.4, 0.5) is 0 Å². The van der Waals surface area contributed by atoms with Gasteiger partial charge in [-0.05, 0) is 31.2 Å². The number of piperazine rings is 1. The molecule has 1 fully saturated rings. The van der Waals surface area contributed by atoms with Gasteiger partial charge in [0.15, 0.2) is 0 Å². The van der Waals surface area contributed by atoms with E-state index in [0.717, 1.165) is 54.7 Å². The molecule has 2 heterocycles. The fraction of sp³-hybridized carbons (Fsp3) is 0.444. The Kier molecular flexibility index (Phi) is 12.0. The minimum atomic E-state index is -0.419. The lowest BCUT2D eigenvalue weighted by Crippen LogP contribution is -2.52. The van der Waals surface area contributed by atoms with Gasteiger partial charge in [0.2, 0.25) is 5.91 Å². The van der Waals surface area contributed by atoms with Gasteiger partial charge in [0, 0.05) is 43.7 Å². The van der Waals surface area contributed by atoms with E-state index < -0.39 is 6.04 Å². The maximum atomic E-state index is 11.9. The van der Waals surface area contributed by atoms with E-state index in [4.69, 9.17) is 15.5 Å². The molecule has 0 bridgehead atoms. The molecular formula is C18H27Cl3N4O2S. The van der Waals surface area contributed by atoms with E-state index in [1.165, 1.54) is 0 Å². The first-order valence-electron chi connectivity index (χ1n) is 8.42. The molecule has 6 nitrogen and oxygen atoms in total. The molecule has 1 aromatic heterocycles. The Morgan fingerprint density at radius 3 is 2.32 bits per heavy atom. The van der Waals surface area contributed by atoms with Crippen LogP contribution in [-0.4, -0.2) is 60.0 Å². The van der Waals surface area contributed by atoms with Gasteiger partial charge >= 0.3 is 0 Å². The zero-order valence-electron chi connectivity index (χ0n) is 15.9. The number of aromatic nitrogens is 1. The molecule has 2 N–H and O–H groups in total. The second kappa shape index (κ2) is 12.5. The molecule has 0 spiro atoms. The number of methoxy groups -OCH3 is 1. The van der Waals surface area contributed by atoms with E-state index in [-0.39, 0.29) is 43.1 Å². The van der Waals surface area contributed by atoms with Crippen LogP contribution in [-0.2, 0) is 11.3 Å². The number of carbonyl (C=O) groups excluding carboxylic acids is 1. The van der Waals surface area contributed by atoms with E-state index in [1.54, 1.807) is 25.4 Å². The molecule has 0 radical (unpaired) electrons. The average molecular weight is 470 g/mol. The molecule has 1 aliphatic rings. The maximum absolute atomic E-state index is 11.9. The minimum Gasteiger partial charge on any atom is -0.497 e. The number of carbonyl (C=O) groups is 1. The molecule has 1 atom stereocenters. The molecule has 0 aliphatic carbocycles. The van der Waals surface area contributed by atoms with Crippen LogP contribution in [0.2, 0.25) is 0 Å². The summed E-state index contributed by atoms with van der Waals surface area (Å²) >= 11 is 1.65. The normalized spacial score (nSPS) is 14.9. The Balaban J connectivity index is 0.00000243. The number of rotatable bonds is 5. The highest BCUT2D eigenvalue weighted by molar-refractivity contribution is 7.13. The first kappa shape index (κ1) is 26.9. The molecule has 1 amide bonds. The Morgan fingerprint density at radius 1 is 1.18 bits per heavy atom. The number of thiazole rings is 1. The Bertz CT molecular complexity index is 720. The van der Waals surface area contributed by atoms with Gasteiger partial charge in [-0.25, -0.2) is 4.98 Å². The summed E-state index contributed by atoms with van der Waals surface area (Å²) in [6.07, 6.45) is 0. The van der Waals surface area contributed by atoms with E-state index in [0.29, 0.717) is 0 Å². The van der Waals surface area contributed by atoms with Gasteiger partial charge < -0.3 is 15.4 Å². The van der Waals surface area contributed by atoms with Crippen LogP contribution in [0.15, 0.2) is 29.6 Å². The Labute approximate surface area is 188 Å². The summed E-state index contributed by atoms with van der Waals surface area (Å²) in [5, 5.41) is 3.13. The van der Waals surface area contributed by atoms with Gasteiger partial charge in [-0.1, -0.05) is 0 Å². The van der Waals surface area contributed by atoms with E-state index in [2.05, 4.69) is 10.3 Å². The smallest absolute Gasteiger partial charge is 0.239 e. The van der Waals surface area contributed by atoms with E-state index in [9.17, 15) is 4.79 Å². The van der Waals surface area contributed by atoms with E-state index in [1.807, 2.05) is 29.2 Å². The summed E-state index contributed by atoms with van der Waals surface area (Å²) in [5.41, 5.74) is 7.85. The maximum Gasteiger partial charge on any atom is 0.239 e. The summed E-state index contributed by atoms with van der Waals surface area (Å²) in [6, 6.07) is 7.53. The van der Waals surface area contributed by atoms with Crippen LogP contribution >= 0.6 is 48.6 Å². The van der Waals surface area contributed by atoms with Crippen LogP contribution in [0.3, 0.4) is 0 Å². The van der Waals surface area contributed by atoms with Crippen molar-refractivity contribution in [2.45, 2.75) is 19.5 Å². The molecule has 28 heavy (non-hydrogen) atoms. The van der Waals surface area contributed by atoms with Crippen LogP contribution in [0.5, 0.6) is 5.75 Å². The van der Waals surface area contributed by atoms with Crippen molar-refractivity contribution in [3.05, 3.63) is 35.3 Å². The van der Waals surface area contributed by atoms with Crippen molar-refractivity contribution in [3.63, 3.8) is 0 Å². The van der Waals surface area contributed by atoms with Gasteiger partial charge in [-0.15, -0.1) is 48.6 Å². The largest absolute Gasteiger partial charge is 0.497 e. The highest BCUT2D eigenvalue weighted by atomic mass is 35.5. The topological polar surface area (TPSA) is 71.7 Å². The average Bonchev–Trinajstić information content (AvgIpc) is 3.10. The predicted molar refractivity (Wildman–Crippen MR) is 121 cm³/mol. The van der Waals surface area contributed by atoms with E-state index >= 15 is 0 Å². The highest BCUT2D eigenvalue weighted by Crippen LogP contribution is 2.26. The number of amides is 1. The lowest BCUT2D eigenvalue weighted by Gasteiger charge is -2.35. The van der Waals surface area contributed by atoms with Crippen LogP contribution in [0.1, 0.15) is 12.6 Å². The SMILES string of the molecule is COc1ccc(-c2nc(CN3CCN(C(=O)[C@@H](C)N)CC3)cs2)cc1.Cl.Cl.Cl. The monoisotopic (exact) mass is 468 g/mol. The zero-order valence-corrected chi connectivity index (χ0v) is 19.1. The summed E-state index contributed by atoms with van der Waals surface area (Å²) < 4.78 is 5.19. The number of hydrogen-bond acceptors (Lipinski definition) is 6. The zero-order chi connectivity index (χ0) is 17.8. The molecule has 1 aromatic carbocycles. The first-order chi connectivity index (χ1) is 12.1. The van der Waals surface area contributed by atoms with Gasteiger partial charge in [0.25, 0.3) is 0 Å². The molecule has 0 unspecified atom stereocenters. The van der Waals surface area contributed by atoms with Gasteiger partial charge in [-0.3, -0.25) is 9.69 Å². The van der Waals surface area contributed by atoms with Crippen molar-refractivity contribution >= 4 is 54.5 Å². The molecule has 2 aromatic rings. The predicted octanol–water partition coefficient (Wildman–Crippen LogP) is 3.08. The lowest BCUT2D eigenvalue weighted by atomic mass is 10.2. The van der Waals surface area contributed by atoms with Crippen molar-refractivity contribution < 1.29 is 9.53 Å². The van der Waals surface area contributed by atoms with Gasteiger partial charge in [0.1, 0.15) is 10.8 Å². The fourth-order valence-corrected chi connectivity index (χ4v) is 3.71. The molecule has 1 aliphatic heterocycles. The summed E-state index contributed by atoms with van der Waals surface area (Å²) in [6.45, 7) is 5.73.